The molecule has 2 aromatic rings. The van der Waals surface area contributed by atoms with Gasteiger partial charge >= 0.3 is 0 Å². The second kappa shape index (κ2) is 5.25. The molecule has 0 spiro atoms. The van der Waals surface area contributed by atoms with Crippen LogP contribution in [0.1, 0.15) is 10.4 Å². The standard InChI is InChI=1S/C12H9Cl2N3O/c13-7-4-5-9(15)8(6-7)12(18)17-11-3-1-2-10(14)16-11/h1-6H,15H2,(H,16,17,18). The van der Waals surface area contributed by atoms with E-state index in [0.29, 0.717) is 27.2 Å². The predicted octanol–water partition coefficient (Wildman–Crippen LogP) is 3.22. The zero-order chi connectivity index (χ0) is 13.1. The summed E-state index contributed by atoms with van der Waals surface area (Å²) in [7, 11) is 0. The second-order valence-corrected chi connectivity index (χ2v) is 4.35. The molecular weight excluding hydrogens is 273 g/mol. The highest BCUT2D eigenvalue weighted by atomic mass is 35.5. The lowest BCUT2D eigenvalue weighted by Gasteiger charge is -2.07. The maximum atomic E-state index is 12.0. The molecule has 1 amide bonds. The number of rotatable bonds is 2. The molecule has 0 fully saturated rings. The second-order valence-electron chi connectivity index (χ2n) is 3.53. The number of benzene rings is 1. The number of nitrogen functional groups attached to an aromatic ring is 1. The van der Waals surface area contributed by atoms with Crippen LogP contribution in [-0.2, 0) is 0 Å². The third-order valence-corrected chi connectivity index (χ3v) is 2.66. The number of pyridine rings is 1. The van der Waals surface area contributed by atoms with Gasteiger partial charge < -0.3 is 11.1 Å². The molecule has 18 heavy (non-hydrogen) atoms. The van der Waals surface area contributed by atoms with E-state index in [1.807, 2.05) is 0 Å². The van der Waals surface area contributed by atoms with Gasteiger partial charge in [0.1, 0.15) is 11.0 Å². The Hall–Kier alpha value is -1.78. The van der Waals surface area contributed by atoms with Gasteiger partial charge in [-0.05, 0) is 30.3 Å². The first-order chi connectivity index (χ1) is 8.56. The number of hydrogen-bond acceptors (Lipinski definition) is 3. The van der Waals surface area contributed by atoms with E-state index in [1.165, 1.54) is 6.07 Å². The van der Waals surface area contributed by atoms with Crippen LogP contribution in [0.5, 0.6) is 0 Å². The van der Waals surface area contributed by atoms with Gasteiger partial charge in [0.25, 0.3) is 5.91 Å². The van der Waals surface area contributed by atoms with Crippen LogP contribution in [0, 0.1) is 0 Å². The van der Waals surface area contributed by atoms with Crippen molar-refractivity contribution >= 4 is 40.6 Å². The smallest absolute Gasteiger partial charge is 0.258 e. The van der Waals surface area contributed by atoms with Crippen LogP contribution in [0.25, 0.3) is 0 Å². The predicted molar refractivity (Wildman–Crippen MR) is 73.1 cm³/mol. The van der Waals surface area contributed by atoms with Crippen LogP contribution in [0.15, 0.2) is 36.4 Å². The highest BCUT2D eigenvalue weighted by Gasteiger charge is 2.11. The van der Waals surface area contributed by atoms with E-state index >= 15 is 0 Å². The minimum Gasteiger partial charge on any atom is -0.398 e. The minimum atomic E-state index is -0.384. The van der Waals surface area contributed by atoms with Gasteiger partial charge in [-0.25, -0.2) is 4.98 Å². The fraction of sp³-hybridized carbons (Fsp3) is 0. The average molecular weight is 282 g/mol. The van der Waals surface area contributed by atoms with Crippen LogP contribution in [0.4, 0.5) is 11.5 Å². The summed E-state index contributed by atoms with van der Waals surface area (Å²) in [6.07, 6.45) is 0. The summed E-state index contributed by atoms with van der Waals surface area (Å²) < 4.78 is 0. The Balaban J connectivity index is 2.24. The molecule has 3 N–H and O–H groups in total. The third-order valence-electron chi connectivity index (χ3n) is 2.22. The summed E-state index contributed by atoms with van der Waals surface area (Å²) in [5.74, 6) is -0.0309. The molecule has 0 aliphatic carbocycles. The molecule has 92 valence electrons. The molecule has 2 rings (SSSR count). The summed E-state index contributed by atoms with van der Waals surface area (Å²) in [4.78, 5) is 15.9. The number of aromatic nitrogens is 1. The molecule has 4 nitrogen and oxygen atoms in total. The largest absolute Gasteiger partial charge is 0.398 e. The highest BCUT2D eigenvalue weighted by molar-refractivity contribution is 6.31. The number of nitrogens with one attached hydrogen (secondary N) is 1. The molecule has 0 saturated heterocycles. The summed E-state index contributed by atoms with van der Waals surface area (Å²) >= 11 is 11.5. The number of nitrogens with zero attached hydrogens (tertiary/aromatic N) is 1. The van der Waals surface area contributed by atoms with Gasteiger partial charge in [-0.15, -0.1) is 0 Å². The molecule has 0 bridgehead atoms. The van der Waals surface area contributed by atoms with Gasteiger partial charge in [0.15, 0.2) is 0 Å². The first-order valence-corrected chi connectivity index (χ1v) is 5.81. The molecule has 1 heterocycles. The number of hydrogen-bond donors (Lipinski definition) is 2. The topological polar surface area (TPSA) is 68.0 Å². The highest BCUT2D eigenvalue weighted by Crippen LogP contribution is 2.19. The number of anilines is 2. The van der Waals surface area contributed by atoms with Crippen molar-refractivity contribution < 1.29 is 4.79 Å². The summed E-state index contributed by atoms with van der Waals surface area (Å²) in [6, 6.07) is 9.62. The Kier molecular flexibility index (Phi) is 3.69. The quantitative estimate of drug-likeness (QED) is 0.656. The lowest BCUT2D eigenvalue weighted by molar-refractivity contribution is 0.102. The number of amides is 1. The zero-order valence-corrected chi connectivity index (χ0v) is 10.7. The lowest BCUT2D eigenvalue weighted by atomic mass is 10.1. The van der Waals surface area contributed by atoms with E-state index in [-0.39, 0.29) is 5.91 Å². The van der Waals surface area contributed by atoms with Gasteiger partial charge in [-0.1, -0.05) is 29.3 Å². The van der Waals surface area contributed by atoms with Gasteiger partial charge in [0.2, 0.25) is 0 Å². The Morgan fingerprint density at radius 2 is 2.00 bits per heavy atom. The maximum absolute atomic E-state index is 12.0. The Labute approximate surface area is 114 Å². The van der Waals surface area contributed by atoms with Crippen LogP contribution in [-0.4, -0.2) is 10.9 Å². The van der Waals surface area contributed by atoms with Crippen molar-refractivity contribution in [3.8, 4) is 0 Å². The number of carbonyl (C=O) groups is 1. The van der Waals surface area contributed by atoms with Crippen molar-refractivity contribution in [2.45, 2.75) is 0 Å². The Morgan fingerprint density at radius 1 is 1.22 bits per heavy atom. The third kappa shape index (κ3) is 2.91. The van der Waals surface area contributed by atoms with E-state index < -0.39 is 0 Å². The first kappa shape index (κ1) is 12.7. The van der Waals surface area contributed by atoms with Crippen LogP contribution >= 0.6 is 23.2 Å². The first-order valence-electron chi connectivity index (χ1n) is 5.05. The molecule has 0 saturated carbocycles. The molecule has 0 radical (unpaired) electrons. The Morgan fingerprint density at radius 3 is 2.72 bits per heavy atom. The SMILES string of the molecule is Nc1ccc(Cl)cc1C(=O)Nc1cccc(Cl)n1. The van der Waals surface area contributed by atoms with E-state index in [9.17, 15) is 4.79 Å². The van der Waals surface area contributed by atoms with Crippen LogP contribution < -0.4 is 11.1 Å². The van der Waals surface area contributed by atoms with Crippen molar-refractivity contribution in [1.29, 1.82) is 0 Å². The van der Waals surface area contributed by atoms with Crippen LogP contribution in [0.3, 0.4) is 0 Å². The van der Waals surface area contributed by atoms with E-state index in [4.69, 9.17) is 28.9 Å². The maximum Gasteiger partial charge on any atom is 0.258 e. The molecule has 0 atom stereocenters. The van der Waals surface area contributed by atoms with Gasteiger partial charge in [0, 0.05) is 10.7 Å². The molecule has 0 aliphatic rings. The van der Waals surface area contributed by atoms with Gasteiger partial charge in [-0.2, -0.15) is 0 Å². The summed E-state index contributed by atoms with van der Waals surface area (Å²) in [5, 5.41) is 3.33. The monoisotopic (exact) mass is 281 g/mol. The summed E-state index contributed by atoms with van der Waals surface area (Å²) in [6.45, 7) is 0. The number of nitrogens with two attached hydrogens (primary N) is 1. The normalized spacial score (nSPS) is 10.1. The van der Waals surface area contributed by atoms with Crippen molar-refractivity contribution in [3.63, 3.8) is 0 Å². The van der Waals surface area contributed by atoms with Crippen LogP contribution in [0.2, 0.25) is 10.2 Å². The van der Waals surface area contributed by atoms with E-state index in [0.717, 1.165) is 0 Å². The van der Waals surface area contributed by atoms with Crippen molar-refractivity contribution in [2.75, 3.05) is 11.1 Å². The molecule has 0 aliphatic heterocycles. The van der Waals surface area contributed by atoms with Gasteiger partial charge in [0.05, 0.1) is 5.56 Å². The van der Waals surface area contributed by atoms with E-state index in [2.05, 4.69) is 10.3 Å². The lowest BCUT2D eigenvalue weighted by Crippen LogP contribution is -2.14. The number of carbonyl (C=O) groups excluding carboxylic acids is 1. The molecule has 0 unspecified atom stereocenters. The fourth-order valence-electron chi connectivity index (χ4n) is 1.39. The van der Waals surface area contributed by atoms with Gasteiger partial charge in [-0.3, -0.25) is 4.79 Å². The Bertz CT molecular complexity index is 602. The average Bonchev–Trinajstić information content (AvgIpc) is 2.32. The molecular formula is C12H9Cl2N3O. The zero-order valence-electron chi connectivity index (χ0n) is 9.15. The van der Waals surface area contributed by atoms with Crippen molar-refractivity contribution in [2.24, 2.45) is 0 Å². The number of halogens is 2. The summed E-state index contributed by atoms with van der Waals surface area (Å²) in [5.41, 5.74) is 6.35. The minimum absolute atomic E-state index is 0.296. The van der Waals surface area contributed by atoms with Crippen molar-refractivity contribution in [1.82, 2.24) is 4.98 Å². The fourth-order valence-corrected chi connectivity index (χ4v) is 1.72. The molecule has 6 heteroatoms. The molecule has 1 aromatic heterocycles. The molecule has 1 aromatic carbocycles. The van der Waals surface area contributed by atoms with E-state index in [1.54, 1.807) is 30.3 Å². The van der Waals surface area contributed by atoms with Crippen molar-refractivity contribution in [3.05, 3.63) is 52.1 Å².